The van der Waals surface area contributed by atoms with Crippen LogP contribution in [0.25, 0.3) is 0 Å². The molecule has 0 radical (unpaired) electrons. The minimum absolute atomic E-state index is 0.142. The lowest BCUT2D eigenvalue weighted by molar-refractivity contribution is 0.102. The molecule has 2 aliphatic heterocycles. The van der Waals surface area contributed by atoms with Crippen LogP contribution in [0.3, 0.4) is 0 Å². The summed E-state index contributed by atoms with van der Waals surface area (Å²) < 4.78 is 1.81. The molecule has 1 fully saturated rings. The summed E-state index contributed by atoms with van der Waals surface area (Å²) in [6.45, 7) is 2.55. The van der Waals surface area contributed by atoms with E-state index in [9.17, 15) is 9.59 Å². The van der Waals surface area contributed by atoms with Gasteiger partial charge in [-0.2, -0.15) is 0 Å². The van der Waals surface area contributed by atoms with Crippen molar-refractivity contribution in [1.29, 1.82) is 0 Å². The second-order valence-corrected chi connectivity index (χ2v) is 6.09. The highest BCUT2D eigenvalue weighted by atomic mass is 16.2. The Bertz CT molecular complexity index is 802. The largest absolute Gasteiger partial charge is 0.316 e. The van der Waals surface area contributed by atoms with Gasteiger partial charge in [0.25, 0.3) is 11.5 Å². The average molecular weight is 311 g/mol. The molecule has 0 saturated carbocycles. The molecule has 1 saturated heterocycles. The number of anilines is 1. The van der Waals surface area contributed by atoms with E-state index in [1.54, 1.807) is 6.07 Å². The van der Waals surface area contributed by atoms with Crippen molar-refractivity contribution in [3.8, 4) is 0 Å². The van der Waals surface area contributed by atoms with E-state index in [2.05, 4.69) is 20.6 Å². The van der Waals surface area contributed by atoms with Crippen molar-refractivity contribution < 1.29 is 4.79 Å². The van der Waals surface area contributed by atoms with Crippen molar-refractivity contribution in [2.24, 2.45) is 5.92 Å². The number of nitrogens with one attached hydrogen (secondary N) is 2. The van der Waals surface area contributed by atoms with Crippen LogP contribution < -0.4 is 16.2 Å². The van der Waals surface area contributed by atoms with Crippen molar-refractivity contribution in [2.75, 3.05) is 18.4 Å². The topological polar surface area (TPSA) is 88.9 Å². The third-order valence-corrected chi connectivity index (χ3v) is 4.55. The molecular weight excluding hydrogens is 294 g/mol. The van der Waals surface area contributed by atoms with E-state index in [-0.39, 0.29) is 16.9 Å². The Morgan fingerprint density at radius 2 is 2.22 bits per heavy atom. The minimum atomic E-state index is -0.423. The minimum Gasteiger partial charge on any atom is -0.316 e. The summed E-state index contributed by atoms with van der Waals surface area (Å²) in [5.74, 6) is 0.429. The first-order chi connectivity index (χ1) is 11.2. The van der Waals surface area contributed by atoms with Gasteiger partial charge in [-0.1, -0.05) is 0 Å². The van der Waals surface area contributed by atoms with Crippen LogP contribution in [-0.2, 0) is 6.54 Å². The molecule has 7 heteroatoms. The van der Waals surface area contributed by atoms with Crippen molar-refractivity contribution in [3.05, 3.63) is 52.5 Å². The van der Waals surface area contributed by atoms with Gasteiger partial charge in [-0.25, -0.2) is 4.98 Å². The van der Waals surface area contributed by atoms with Gasteiger partial charge in [-0.3, -0.25) is 14.6 Å². The van der Waals surface area contributed by atoms with Gasteiger partial charge >= 0.3 is 0 Å². The summed E-state index contributed by atoms with van der Waals surface area (Å²) >= 11 is 0. The van der Waals surface area contributed by atoms with Gasteiger partial charge in [0.05, 0.1) is 6.20 Å². The van der Waals surface area contributed by atoms with Crippen molar-refractivity contribution in [3.63, 3.8) is 0 Å². The number of pyridine rings is 1. The van der Waals surface area contributed by atoms with Crippen molar-refractivity contribution >= 4 is 11.6 Å². The molecule has 4 rings (SSSR count). The molecule has 0 aromatic carbocycles. The van der Waals surface area contributed by atoms with Crippen LogP contribution in [0, 0.1) is 5.92 Å². The molecule has 23 heavy (non-hydrogen) atoms. The summed E-state index contributed by atoms with van der Waals surface area (Å²) in [4.78, 5) is 32.7. The highest BCUT2D eigenvalue weighted by Gasteiger charge is 2.31. The molecule has 4 heterocycles. The molecule has 118 valence electrons. The lowest BCUT2D eigenvalue weighted by Crippen LogP contribution is -2.45. The molecule has 7 nitrogen and oxygen atoms in total. The van der Waals surface area contributed by atoms with Gasteiger partial charge < -0.3 is 15.2 Å². The van der Waals surface area contributed by atoms with Crippen LogP contribution in [-0.4, -0.2) is 33.5 Å². The maximum atomic E-state index is 12.7. The Morgan fingerprint density at radius 3 is 3.04 bits per heavy atom. The lowest BCUT2D eigenvalue weighted by Gasteiger charge is -2.37. The fourth-order valence-electron chi connectivity index (χ4n) is 3.49. The van der Waals surface area contributed by atoms with Crippen molar-refractivity contribution in [1.82, 2.24) is 19.9 Å². The maximum Gasteiger partial charge on any atom is 0.276 e. The van der Waals surface area contributed by atoms with E-state index in [0.29, 0.717) is 18.4 Å². The molecular formula is C16H17N5O2. The van der Waals surface area contributed by atoms with E-state index in [1.807, 2.05) is 10.6 Å². The number of carbonyl (C=O) groups excluding carboxylic acids is 1. The Hall–Kier alpha value is -2.54. The molecule has 0 aliphatic carbocycles. The quantitative estimate of drug-likeness (QED) is 0.848. The maximum absolute atomic E-state index is 12.7. The summed E-state index contributed by atoms with van der Waals surface area (Å²) in [5.41, 5.74) is 1.39. The fraction of sp³-hybridized carbons (Fsp3) is 0.375. The Labute approximate surface area is 132 Å². The zero-order chi connectivity index (χ0) is 15.8. The number of hydrogen-bond donors (Lipinski definition) is 2. The molecule has 0 unspecified atom stereocenters. The van der Waals surface area contributed by atoms with E-state index >= 15 is 0 Å². The predicted molar refractivity (Wildman–Crippen MR) is 84.4 cm³/mol. The molecule has 2 N–H and O–H groups in total. The smallest absolute Gasteiger partial charge is 0.276 e. The molecule has 2 aromatic heterocycles. The van der Waals surface area contributed by atoms with E-state index in [4.69, 9.17) is 0 Å². The first-order valence-electron chi connectivity index (χ1n) is 7.74. The van der Waals surface area contributed by atoms with E-state index in [1.165, 1.54) is 18.6 Å². The SMILES string of the molecule is O=C(Nc1ccc2n(c1=O)C[C@@H]1CNC[C@H]2C1)c1cnccn1. The second-order valence-electron chi connectivity index (χ2n) is 6.09. The highest BCUT2D eigenvalue weighted by Crippen LogP contribution is 2.32. The van der Waals surface area contributed by atoms with Gasteiger partial charge in [0.2, 0.25) is 0 Å². The number of nitrogens with zero attached hydrogens (tertiary/aromatic N) is 3. The summed E-state index contributed by atoms with van der Waals surface area (Å²) in [6.07, 6.45) is 5.44. The van der Waals surface area contributed by atoms with Gasteiger partial charge in [0.1, 0.15) is 11.4 Å². The van der Waals surface area contributed by atoms with Gasteiger partial charge in [-0.15, -0.1) is 0 Å². The van der Waals surface area contributed by atoms with Crippen LogP contribution >= 0.6 is 0 Å². The Kier molecular flexibility index (Phi) is 3.42. The predicted octanol–water partition coefficient (Wildman–Crippen LogP) is 0.597. The number of piperidine rings is 1. The first-order valence-corrected chi connectivity index (χ1v) is 7.74. The number of aromatic nitrogens is 3. The number of amides is 1. The van der Waals surface area contributed by atoms with Gasteiger partial charge in [0, 0.05) is 37.1 Å². The highest BCUT2D eigenvalue weighted by molar-refractivity contribution is 6.02. The van der Waals surface area contributed by atoms with Gasteiger partial charge in [-0.05, 0) is 31.0 Å². The van der Waals surface area contributed by atoms with Gasteiger partial charge in [0.15, 0.2) is 0 Å². The number of fused-ring (bicyclic) bond motifs is 4. The van der Waals surface area contributed by atoms with E-state index < -0.39 is 5.91 Å². The molecule has 2 aromatic rings. The van der Waals surface area contributed by atoms with E-state index in [0.717, 1.165) is 25.2 Å². The molecule has 2 aliphatic rings. The summed E-state index contributed by atoms with van der Waals surface area (Å²) in [6, 6.07) is 3.64. The van der Waals surface area contributed by atoms with Crippen molar-refractivity contribution in [2.45, 2.75) is 18.9 Å². The van der Waals surface area contributed by atoms with Crippen LogP contribution in [0.5, 0.6) is 0 Å². The Balaban J connectivity index is 1.65. The normalized spacial score (nSPS) is 22.3. The molecule has 1 amide bonds. The molecule has 2 atom stereocenters. The fourth-order valence-corrected chi connectivity index (χ4v) is 3.49. The zero-order valence-corrected chi connectivity index (χ0v) is 12.5. The Morgan fingerprint density at radius 1 is 1.30 bits per heavy atom. The second kappa shape index (κ2) is 5.58. The monoisotopic (exact) mass is 311 g/mol. The third kappa shape index (κ3) is 2.53. The molecule has 2 bridgehead atoms. The van der Waals surface area contributed by atoms with Crippen LogP contribution in [0.15, 0.2) is 35.5 Å². The van der Waals surface area contributed by atoms with Crippen LogP contribution in [0.4, 0.5) is 5.69 Å². The zero-order valence-electron chi connectivity index (χ0n) is 12.5. The first kappa shape index (κ1) is 14.1. The average Bonchev–Trinajstić information content (AvgIpc) is 2.59. The standard InChI is InChI=1S/C16H17N5O2/c22-15(13-8-17-3-4-19-13)20-12-1-2-14-11-5-10(6-18-7-11)9-21(14)16(12)23/h1-4,8,10-11,18H,5-7,9H2,(H,20,22)/t10-,11+/m0/s1. The lowest BCUT2D eigenvalue weighted by atomic mass is 9.84. The summed E-state index contributed by atoms with van der Waals surface area (Å²) in [7, 11) is 0. The molecule has 0 spiro atoms. The number of hydrogen-bond acceptors (Lipinski definition) is 5. The third-order valence-electron chi connectivity index (χ3n) is 4.55. The van der Waals surface area contributed by atoms with Crippen LogP contribution in [0.2, 0.25) is 0 Å². The number of rotatable bonds is 2. The summed E-state index contributed by atoms with van der Waals surface area (Å²) in [5, 5.41) is 6.07. The number of carbonyl (C=O) groups is 1. The van der Waals surface area contributed by atoms with Crippen LogP contribution in [0.1, 0.15) is 28.5 Å².